The molecular weight excluding hydrogens is 423 g/mol. The number of hydrogen-bond acceptors (Lipinski definition) is 3. The number of aryl methyl sites for hydroxylation is 1. The van der Waals surface area contributed by atoms with E-state index >= 15 is 4.39 Å². The Labute approximate surface area is 188 Å². The first-order chi connectivity index (χ1) is 15.2. The van der Waals surface area contributed by atoms with Crippen LogP contribution in [0.25, 0.3) is 0 Å². The van der Waals surface area contributed by atoms with Crippen LogP contribution in [0.2, 0.25) is 0 Å². The lowest BCUT2D eigenvalue weighted by atomic mass is 9.66. The van der Waals surface area contributed by atoms with E-state index in [2.05, 4.69) is 5.92 Å². The highest BCUT2D eigenvalue weighted by Gasteiger charge is 2.60. The molecule has 2 aliphatic heterocycles. The van der Waals surface area contributed by atoms with Crippen LogP contribution in [-0.4, -0.2) is 21.6 Å². The average Bonchev–Trinajstić information content (AvgIpc) is 3.00. The summed E-state index contributed by atoms with van der Waals surface area (Å²) in [6, 6.07) is 19.0. The van der Waals surface area contributed by atoms with Gasteiger partial charge in [0.25, 0.3) is 10.0 Å². The summed E-state index contributed by atoms with van der Waals surface area (Å²) < 4.78 is 44.8. The Bertz CT molecular complexity index is 1380. The highest BCUT2D eigenvalue weighted by Crippen LogP contribution is 2.59. The standard InChI is InChI=1S/C26H23FN2O2S/c1-5-20-19-9-8-11-22(27)24(19)29(32(30,31)18-15-13-17(2)14-16-18)25-26(20,3)21-10-6-7-12-23(21)28(25)4/h1,6-16,20,25H,2-4H3/t20-,25+,26+/m0/s1. The molecule has 6 heteroatoms. The molecule has 0 N–H and O–H groups in total. The van der Waals surface area contributed by atoms with Gasteiger partial charge in [-0.15, -0.1) is 6.42 Å². The largest absolute Gasteiger partial charge is 0.352 e. The van der Waals surface area contributed by atoms with Crippen molar-refractivity contribution in [1.29, 1.82) is 0 Å². The third-order valence-corrected chi connectivity index (χ3v) is 8.65. The van der Waals surface area contributed by atoms with Gasteiger partial charge in [0.1, 0.15) is 12.0 Å². The van der Waals surface area contributed by atoms with Crippen molar-refractivity contribution in [3.8, 4) is 12.3 Å². The van der Waals surface area contributed by atoms with Crippen LogP contribution in [0.15, 0.2) is 71.6 Å². The fourth-order valence-electron chi connectivity index (χ4n) is 5.40. The van der Waals surface area contributed by atoms with Crippen LogP contribution in [0.5, 0.6) is 0 Å². The molecule has 5 rings (SSSR count). The lowest BCUT2D eigenvalue weighted by Gasteiger charge is -2.50. The van der Waals surface area contributed by atoms with E-state index in [1.54, 1.807) is 36.4 Å². The zero-order valence-corrected chi connectivity index (χ0v) is 18.9. The molecule has 2 heterocycles. The minimum Gasteiger partial charge on any atom is -0.352 e. The van der Waals surface area contributed by atoms with Crippen molar-refractivity contribution < 1.29 is 12.8 Å². The quantitative estimate of drug-likeness (QED) is 0.532. The maximum atomic E-state index is 15.4. The molecule has 0 radical (unpaired) electrons. The maximum Gasteiger partial charge on any atom is 0.266 e. The van der Waals surface area contributed by atoms with Crippen molar-refractivity contribution >= 4 is 21.4 Å². The van der Waals surface area contributed by atoms with E-state index in [-0.39, 0.29) is 10.6 Å². The highest BCUT2D eigenvalue weighted by atomic mass is 32.2. The van der Waals surface area contributed by atoms with E-state index in [9.17, 15) is 8.42 Å². The van der Waals surface area contributed by atoms with Gasteiger partial charge < -0.3 is 4.90 Å². The lowest BCUT2D eigenvalue weighted by Crippen LogP contribution is -2.61. The summed E-state index contributed by atoms with van der Waals surface area (Å²) in [7, 11) is -2.27. The molecule has 0 amide bonds. The fraction of sp³-hybridized carbons (Fsp3) is 0.231. The summed E-state index contributed by atoms with van der Waals surface area (Å²) in [6.07, 6.45) is 5.31. The molecular formula is C26H23FN2O2S. The Morgan fingerprint density at radius 2 is 1.72 bits per heavy atom. The van der Waals surface area contributed by atoms with Gasteiger partial charge >= 0.3 is 0 Å². The molecule has 0 bridgehead atoms. The zero-order valence-electron chi connectivity index (χ0n) is 18.1. The van der Waals surface area contributed by atoms with E-state index in [1.165, 1.54) is 10.4 Å². The van der Waals surface area contributed by atoms with Gasteiger partial charge in [-0.1, -0.05) is 60.9 Å². The number of terminal acetylenes is 1. The molecule has 0 aromatic heterocycles. The van der Waals surface area contributed by atoms with Crippen LogP contribution in [0.4, 0.5) is 15.8 Å². The number of sulfonamides is 1. The van der Waals surface area contributed by atoms with Crippen molar-refractivity contribution in [2.24, 2.45) is 0 Å². The van der Waals surface area contributed by atoms with Gasteiger partial charge in [-0.2, -0.15) is 0 Å². The van der Waals surface area contributed by atoms with E-state index in [1.807, 2.05) is 50.1 Å². The number of hydrogen-bond donors (Lipinski definition) is 0. The monoisotopic (exact) mass is 446 g/mol. The third-order valence-electron chi connectivity index (χ3n) is 6.88. The smallest absolute Gasteiger partial charge is 0.266 e. The molecule has 0 unspecified atom stereocenters. The second-order valence-corrected chi connectivity index (χ2v) is 10.5. The Kier molecular flexibility index (Phi) is 4.41. The maximum absolute atomic E-state index is 15.4. The average molecular weight is 447 g/mol. The molecule has 4 nitrogen and oxygen atoms in total. The summed E-state index contributed by atoms with van der Waals surface area (Å²) in [4.78, 5) is 2.02. The number of rotatable bonds is 2. The summed E-state index contributed by atoms with van der Waals surface area (Å²) in [5, 5.41) is 0. The van der Waals surface area contributed by atoms with E-state index in [0.29, 0.717) is 5.56 Å². The molecule has 0 aliphatic carbocycles. The number of likely N-dealkylation sites (N-methyl/N-ethyl adjacent to an activating group) is 1. The zero-order chi connectivity index (χ0) is 22.8. The van der Waals surface area contributed by atoms with Gasteiger partial charge in [0.2, 0.25) is 0 Å². The van der Waals surface area contributed by atoms with Crippen molar-refractivity contribution in [2.45, 2.75) is 36.2 Å². The van der Waals surface area contributed by atoms with Crippen molar-refractivity contribution in [2.75, 3.05) is 16.3 Å². The lowest BCUT2D eigenvalue weighted by molar-refractivity contribution is 0.350. The normalized spacial score (nSPS) is 23.8. The van der Waals surface area contributed by atoms with Crippen LogP contribution >= 0.6 is 0 Å². The molecule has 3 aromatic rings. The van der Waals surface area contributed by atoms with Crippen molar-refractivity contribution in [3.05, 3.63) is 89.2 Å². The van der Waals surface area contributed by atoms with Gasteiger partial charge in [0, 0.05) is 12.7 Å². The summed E-state index contributed by atoms with van der Waals surface area (Å²) in [6.45, 7) is 3.87. The van der Waals surface area contributed by atoms with Crippen molar-refractivity contribution in [3.63, 3.8) is 0 Å². The first-order valence-corrected chi connectivity index (χ1v) is 11.8. The van der Waals surface area contributed by atoms with Crippen LogP contribution in [0.3, 0.4) is 0 Å². The first-order valence-electron chi connectivity index (χ1n) is 10.4. The third kappa shape index (κ3) is 2.52. The number of benzene rings is 3. The van der Waals surface area contributed by atoms with Gasteiger partial charge in [-0.3, -0.25) is 0 Å². The van der Waals surface area contributed by atoms with Crippen LogP contribution < -0.4 is 9.21 Å². The Morgan fingerprint density at radius 1 is 1.03 bits per heavy atom. The van der Waals surface area contributed by atoms with Crippen LogP contribution in [0.1, 0.15) is 29.5 Å². The van der Waals surface area contributed by atoms with Gasteiger partial charge in [-0.05, 0) is 42.3 Å². The topological polar surface area (TPSA) is 40.6 Å². The molecule has 0 saturated carbocycles. The van der Waals surface area contributed by atoms with E-state index < -0.39 is 33.3 Å². The van der Waals surface area contributed by atoms with Crippen LogP contribution in [0, 0.1) is 25.1 Å². The molecule has 0 saturated heterocycles. The van der Waals surface area contributed by atoms with E-state index in [4.69, 9.17) is 6.42 Å². The Hall–Kier alpha value is -3.30. The second-order valence-electron chi connectivity index (χ2n) is 8.68. The number of para-hydroxylation sites is 2. The van der Waals surface area contributed by atoms with Crippen molar-refractivity contribution in [1.82, 2.24) is 0 Å². The Morgan fingerprint density at radius 3 is 2.41 bits per heavy atom. The molecule has 3 atom stereocenters. The number of nitrogens with zero attached hydrogens (tertiary/aromatic N) is 2. The fourth-order valence-corrected chi connectivity index (χ4v) is 7.16. The predicted molar refractivity (Wildman–Crippen MR) is 125 cm³/mol. The number of halogens is 1. The SMILES string of the molecule is C#C[C@H]1c2cccc(F)c2N(S(=O)(=O)c2ccc(C)cc2)[C@H]2N(C)c3ccccc3[C@]21C. The van der Waals surface area contributed by atoms with E-state index in [0.717, 1.165) is 16.8 Å². The van der Waals surface area contributed by atoms with Gasteiger partial charge in [0.15, 0.2) is 0 Å². The Balaban J connectivity index is 1.87. The van der Waals surface area contributed by atoms with Crippen LogP contribution in [-0.2, 0) is 15.4 Å². The minimum atomic E-state index is -4.11. The second kappa shape index (κ2) is 6.85. The summed E-state index contributed by atoms with van der Waals surface area (Å²) in [5.41, 5.74) is 2.53. The minimum absolute atomic E-state index is 0.0261. The molecule has 162 valence electrons. The van der Waals surface area contributed by atoms with Gasteiger partial charge in [0.05, 0.1) is 21.9 Å². The molecule has 32 heavy (non-hydrogen) atoms. The summed E-state index contributed by atoms with van der Waals surface area (Å²) in [5.74, 6) is 1.75. The molecule has 0 spiro atoms. The molecule has 2 aliphatic rings. The molecule has 3 aromatic carbocycles. The summed E-state index contributed by atoms with van der Waals surface area (Å²) >= 11 is 0. The predicted octanol–water partition coefficient (Wildman–Crippen LogP) is 4.79. The first kappa shape index (κ1) is 20.6. The number of fused-ring (bicyclic) bond motifs is 4. The molecule has 0 fully saturated rings. The number of anilines is 2. The highest BCUT2D eigenvalue weighted by molar-refractivity contribution is 7.92. The van der Waals surface area contributed by atoms with Gasteiger partial charge in [-0.25, -0.2) is 17.1 Å².